The molecule has 0 unspecified atom stereocenters. The highest BCUT2D eigenvalue weighted by Crippen LogP contribution is 2.27. The van der Waals surface area contributed by atoms with Crippen LogP contribution in [0.2, 0.25) is 5.02 Å². The van der Waals surface area contributed by atoms with Crippen LogP contribution in [0.5, 0.6) is 0 Å². The molecule has 1 saturated carbocycles. The molecular formula is C11H13ClN4OS. The number of hydrogen-bond donors (Lipinski definition) is 0. The molecule has 0 bridgehead atoms. The number of rotatable bonds is 3. The first-order chi connectivity index (χ1) is 8.75. The molecule has 2 heterocycles. The molecule has 96 valence electrons. The number of aromatic nitrogens is 4. The van der Waals surface area contributed by atoms with Crippen LogP contribution in [0.1, 0.15) is 37.3 Å². The van der Waals surface area contributed by atoms with Crippen molar-refractivity contribution >= 4 is 22.9 Å². The van der Waals surface area contributed by atoms with Gasteiger partial charge in [0.1, 0.15) is 0 Å². The van der Waals surface area contributed by atoms with E-state index in [9.17, 15) is 4.79 Å². The average Bonchev–Trinajstić information content (AvgIpc) is 3.05. The van der Waals surface area contributed by atoms with Crippen LogP contribution in [0.4, 0.5) is 0 Å². The molecule has 0 N–H and O–H groups in total. The first kappa shape index (κ1) is 11.9. The summed E-state index contributed by atoms with van der Waals surface area (Å²) in [6.45, 7) is 0.397. The Balaban J connectivity index is 1.86. The van der Waals surface area contributed by atoms with Crippen LogP contribution >= 0.6 is 22.9 Å². The van der Waals surface area contributed by atoms with Gasteiger partial charge in [-0.3, -0.25) is 0 Å². The third-order valence-corrected chi connectivity index (χ3v) is 4.61. The van der Waals surface area contributed by atoms with Crippen molar-refractivity contribution < 1.29 is 0 Å². The lowest BCUT2D eigenvalue weighted by atomic mass is 10.3. The van der Waals surface area contributed by atoms with Gasteiger partial charge in [0, 0.05) is 10.9 Å². The monoisotopic (exact) mass is 284 g/mol. The fourth-order valence-corrected chi connectivity index (χ4v) is 3.38. The number of nitrogens with zero attached hydrogens (tertiary/aromatic N) is 4. The van der Waals surface area contributed by atoms with Gasteiger partial charge in [-0.1, -0.05) is 24.4 Å². The van der Waals surface area contributed by atoms with E-state index in [0.29, 0.717) is 11.6 Å². The van der Waals surface area contributed by atoms with Crippen molar-refractivity contribution in [1.29, 1.82) is 0 Å². The summed E-state index contributed by atoms with van der Waals surface area (Å²) in [7, 11) is 0. The normalized spacial score (nSPS) is 16.5. The van der Waals surface area contributed by atoms with Crippen LogP contribution in [0, 0.1) is 0 Å². The van der Waals surface area contributed by atoms with E-state index < -0.39 is 0 Å². The summed E-state index contributed by atoms with van der Waals surface area (Å²) in [5.41, 5.74) is 0.784. The molecule has 0 aliphatic heterocycles. The second-order valence-corrected chi connectivity index (χ2v) is 5.70. The van der Waals surface area contributed by atoms with Crippen LogP contribution in [-0.2, 0) is 6.54 Å². The largest absolute Gasteiger partial charge is 0.364 e. The SMILES string of the molecule is O=c1n(Cc2cscc2Cl)nnn1C1CCCC1. The lowest BCUT2D eigenvalue weighted by Crippen LogP contribution is -2.27. The Bertz CT molecular complexity index is 596. The minimum Gasteiger partial charge on any atom is -0.244 e. The summed E-state index contributed by atoms with van der Waals surface area (Å²) < 4.78 is 2.90. The molecular weight excluding hydrogens is 272 g/mol. The van der Waals surface area contributed by atoms with Gasteiger partial charge in [-0.25, -0.2) is 4.79 Å². The van der Waals surface area contributed by atoms with Crippen molar-refractivity contribution in [3.63, 3.8) is 0 Å². The maximum absolute atomic E-state index is 12.2. The third kappa shape index (κ3) is 2.10. The number of thiophene rings is 1. The van der Waals surface area contributed by atoms with Crippen molar-refractivity contribution in [3.05, 3.63) is 31.8 Å². The van der Waals surface area contributed by atoms with E-state index in [1.54, 1.807) is 0 Å². The van der Waals surface area contributed by atoms with E-state index in [1.165, 1.54) is 33.5 Å². The quantitative estimate of drug-likeness (QED) is 0.869. The van der Waals surface area contributed by atoms with Crippen molar-refractivity contribution in [3.8, 4) is 0 Å². The van der Waals surface area contributed by atoms with Gasteiger partial charge in [0.15, 0.2) is 0 Å². The maximum atomic E-state index is 12.2. The second kappa shape index (κ2) is 4.85. The molecule has 1 fully saturated rings. The molecule has 7 heteroatoms. The van der Waals surface area contributed by atoms with E-state index in [-0.39, 0.29) is 11.7 Å². The molecule has 3 rings (SSSR count). The molecule has 0 aromatic carbocycles. The highest BCUT2D eigenvalue weighted by atomic mass is 35.5. The van der Waals surface area contributed by atoms with Crippen LogP contribution in [0.3, 0.4) is 0 Å². The summed E-state index contributed by atoms with van der Waals surface area (Å²) in [6.07, 6.45) is 4.39. The fraction of sp³-hybridized carbons (Fsp3) is 0.545. The molecule has 0 spiro atoms. The summed E-state index contributed by atoms with van der Waals surface area (Å²) in [5.74, 6) is 0. The van der Waals surface area contributed by atoms with E-state index >= 15 is 0 Å². The number of tetrazole rings is 1. The van der Waals surface area contributed by atoms with E-state index in [1.807, 2.05) is 10.8 Å². The molecule has 18 heavy (non-hydrogen) atoms. The average molecular weight is 285 g/mol. The lowest BCUT2D eigenvalue weighted by molar-refractivity contribution is 0.441. The van der Waals surface area contributed by atoms with Gasteiger partial charge in [-0.15, -0.1) is 0 Å². The Morgan fingerprint density at radius 2 is 2.11 bits per heavy atom. The number of halogens is 1. The summed E-state index contributed by atoms with van der Waals surface area (Å²) in [4.78, 5) is 12.2. The predicted octanol–water partition coefficient (Wildman–Crippen LogP) is 2.32. The highest BCUT2D eigenvalue weighted by Gasteiger charge is 2.21. The lowest BCUT2D eigenvalue weighted by Gasteiger charge is -2.05. The van der Waals surface area contributed by atoms with Gasteiger partial charge in [-0.05, 0) is 28.6 Å². The Morgan fingerprint density at radius 3 is 2.78 bits per heavy atom. The van der Waals surface area contributed by atoms with Gasteiger partial charge >= 0.3 is 5.69 Å². The van der Waals surface area contributed by atoms with Gasteiger partial charge in [0.25, 0.3) is 0 Å². The third-order valence-electron chi connectivity index (χ3n) is 3.34. The summed E-state index contributed by atoms with van der Waals surface area (Å²) >= 11 is 7.54. The maximum Gasteiger partial charge on any atom is 0.364 e. The van der Waals surface area contributed by atoms with Crippen molar-refractivity contribution in [2.45, 2.75) is 38.3 Å². The molecule has 2 aromatic rings. The Kier molecular flexibility index (Phi) is 3.22. The molecule has 0 atom stereocenters. The van der Waals surface area contributed by atoms with Crippen molar-refractivity contribution in [2.75, 3.05) is 0 Å². The first-order valence-electron chi connectivity index (χ1n) is 5.98. The van der Waals surface area contributed by atoms with Crippen molar-refractivity contribution in [1.82, 2.24) is 19.8 Å². The second-order valence-electron chi connectivity index (χ2n) is 4.55. The zero-order valence-electron chi connectivity index (χ0n) is 9.75. The molecule has 0 radical (unpaired) electrons. The van der Waals surface area contributed by atoms with E-state index in [4.69, 9.17) is 11.6 Å². The zero-order chi connectivity index (χ0) is 12.5. The molecule has 2 aromatic heterocycles. The van der Waals surface area contributed by atoms with Gasteiger partial charge in [0.05, 0.1) is 17.6 Å². The molecule has 1 aliphatic carbocycles. The number of hydrogen-bond acceptors (Lipinski definition) is 4. The molecule has 1 aliphatic rings. The van der Waals surface area contributed by atoms with E-state index in [0.717, 1.165) is 18.4 Å². The van der Waals surface area contributed by atoms with Crippen LogP contribution in [0.25, 0.3) is 0 Å². The minimum absolute atomic E-state index is 0.135. The topological polar surface area (TPSA) is 52.7 Å². The van der Waals surface area contributed by atoms with Crippen molar-refractivity contribution in [2.24, 2.45) is 0 Å². The van der Waals surface area contributed by atoms with Crippen LogP contribution < -0.4 is 5.69 Å². The highest BCUT2D eigenvalue weighted by molar-refractivity contribution is 7.08. The fourth-order valence-electron chi connectivity index (χ4n) is 2.35. The zero-order valence-corrected chi connectivity index (χ0v) is 11.3. The predicted molar refractivity (Wildman–Crippen MR) is 70.2 cm³/mol. The van der Waals surface area contributed by atoms with Gasteiger partial charge in [-0.2, -0.15) is 20.7 Å². The first-order valence-corrected chi connectivity index (χ1v) is 7.30. The Hall–Kier alpha value is -1.14. The Morgan fingerprint density at radius 1 is 1.33 bits per heavy atom. The smallest absolute Gasteiger partial charge is 0.244 e. The Labute approximate surface area is 113 Å². The minimum atomic E-state index is -0.135. The summed E-state index contributed by atoms with van der Waals surface area (Å²) in [6, 6.07) is 0.226. The van der Waals surface area contributed by atoms with E-state index in [2.05, 4.69) is 10.4 Å². The van der Waals surface area contributed by atoms with Crippen LogP contribution in [0.15, 0.2) is 15.6 Å². The molecule has 5 nitrogen and oxygen atoms in total. The van der Waals surface area contributed by atoms with Gasteiger partial charge in [0.2, 0.25) is 0 Å². The summed E-state index contributed by atoms with van der Waals surface area (Å²) in [5, 5.41) is 12.4. The standard InChI is InChI=1S/C11H13ClN4OS/c12-10-7-18-6-8(10)5-15-11(17)16(14-13-15)9-3-1-2-4-9/h6-7,9H,1-5H2. The van der Waals surface area contributed by atoms with Crippen LogP contribution in [-0.4, -0.2) is 19.8 Å². The van der Waals surface area contributed by atoms with Gasteiger partial charge < -0.3 is 0 Å². The molecule has 0 amide bonds. The molecule has 0 saturated heterocycles.